The Morgan fingerprint density at radius 3 is 2.33 bits per heavy atom. The maximum Gasteiger partial charge on any atom is 0.514 e. The fourth-order valence-corrected chi connectivity index (χ4v) is 2.20. The van der Waals surface area contributed by atoms with Crippen molar-refractivity contribution in [1.82, 2.24) is 14.8 Å². The molecule has 0 N–H and O–H groups in total. The van der Waals surface area contributed by atoms with Crippen molar-refractivity contribution in [2.75, 3.05) is 0 Å². The Morgan fingerprint density at radius 1 is 1.10 bits per heavy atom. The summed E-state index contributed by atoms with van der Waals surface area (Å²) in [5.41, 5.74) is 1.13. The first-order chi connectivity index (χ1) is 9.78. The van der Waals surface area contributed by atoms with Gasteiger partial charge in [0.05, 0.1) is 23.0 Å². The van der Waals surface area contributed by atoms with Gasteiger partial charge in [-0.1, -0.05) is 6.07 Å². The average molecular weight is 285 g/mol. The zero-order valence-electron chi connectivity index (χ0n) is 13.1. The lowest BCUT2D eigenvalue weighted by Gasteiger charge is -2.32. The summed E-state index contributed by atoms with van der Waals surface area (Å²) in [5, 5.41) is 4.28. The van der Waals surface area contributed by atoms with Crippen LogP contribution in [0, 0.1) is 6.92 Å². The minimum atomic E-state index is -0.452. The fraction of sp³-hybridized carbons (Fsp3) is 0.467. The van der Waals surface area contributed by atoms with E-state index in [-0.39, 0.29) is 11.2 Å². The third-order valence-corrected chi connectivity index (χ3v) is 4.20. The predicted molar refractivity (Wildman–Crippen MR) is 81.8 cm³/mol. The largest absolute Gasteiger partial charge is 0.514 e. The number of nitrogens with zero attached hydrogens (tertiary/aromatic N) is 3. The highest BCUT2D eigenvalue weighted by Crippen LogP contribution is 2.36. The van der Waals surface area contributed by atoms with Crippen LogP contribution in [0.25, 0.3) is 5.82 Å². The highest BCUT2D eigenvalue weighted by atomic mass is 16.7. The van der Waals surface area contributed by atoms with E-state index >= 15 is 0 Å². The van der Waals surface area contributed by atoms with Gasteiger partial charge in [0, 0.05) is 6.20 Å². The fourth-order valence-electron chi connectivity index (χ4n) is 2.20. The van der Waals surface area contributed by atoms with E-state index < -0.39 is 7.12 Å². The van der Waals surface area contributed by atoms with Crippen LogP contribution in [0.4, 0.5) is 0 Å². The smallest absolute Gasteiger partial charge is 0.398 e. The quantitative estimate of drug-likeness (QED) is 0.790. The van der Waals surface area contributed by atoms with Gasteiger partial charge in [-0.05, 0) is 52.3 Å². The second kappa shape index (κ2) is 4.68. The minimum Gasteiger partial charge on any atom is -0.398 e. The molecule has 0 aromatic carbocycles. The number of rotatable bonds is 2. The lowest BCUT2D eigenvalue weighted by molar-refractivity contribution is 0.00578. The van der Waals surface area contributed by atoms with Crippen molar-refractivity contribution in [3.8, 4) is 5.82 Å². The monoisotopic (exact) mass is 285 g/mol. The summed E-state index contributed by atoms with van der Waals surface area (Å²) in [6.07, 6.45) is 3.75. The Bertz CT molecular complexity index is 650. The van der Waals surface area contributed by atoms with E-state index in [1.54, 1.807) is 4.68 Å². The molecule has 0 aliphatic carbocycles. The third-order valence-electron chi connectivity index (χ3n) is 4.20. The molecular weight excluding hydrogens is 265 g/mol. The van der Waals surface area contributed by atoms with Gasteiger partial charge in [-0.2, -0.15) is 5.10 Å². The van der Waals surface area contributed by atoms with Gasteiger partial charge in [0.1, 0.15) is 0 Å². The summed E-state index contributed by atoms with van der Waals surface area (Å²) in [6.45, 7) is 10.1. The maximum atomic E-state index is 6.03. The number of aryl methyl sites for hydroxylation is 1. The summed E-state index contributed by atoms with van der Waals surface area (Å²) in [6, 6.07) is 5.78. The first-order valence-electron chi connectivity index (χ1n) is 7.13. The number of pyridine rings is 1. The van der Waals surface area contributed by atoms with Gasteiger partial charge in [-0.15, -0.1) is 0 Å². The summed E-state index contributed by atoms with van der Waals surface area (Å²) in [4.78, 5) is 4.62. The predicted octanol–water partition coefficient (Wildman–Crippen LogP) is 1.87. The van der Waals surface area contributed by atoms with E-state index in [0.29, 0.717) is 0 Å². The Balaban J connectivity index is 1.91. The van der Waals surface area contributed by atoms with Gasteiger partial charge in [-0.25, -0.2) is 9.67 Å². The average Bonchev–Trinajstić information content (AvgIpc) is 2.92. The Hall–Kier alpha value is -1.66. The van der Waals surface area contributed by atoms with Gasteiger partial charge in [0.15, 0.2) is 5.82 Å². The molecule has 2 aromatic rings. The highest BCUT2D eigenvalue weighted by molar-refractivity contribution is 6.61. The molecule has 1 saturated heterocycles. The zero-order valence-corrected chi connectivity index (χ0v) is 13.1. The van der Waals surface area contributed by atoms with Gasteiger partial charge < -0.3 is 9.31 Å². The second-order valence-electron chi connectivity index (χ2n) is 6.47. The van der Waals surface area contributed by atoms with Crippen LogP contribution in [0.1, 0.15) is 33.3 Å². The molecule has 21 heavy (non-hydrogen) atoms. The van der Waals surface area contributed by atoms with Crippen LogP contribution in [0.3, 0.4) is 0 Å². The van der Waals surface area contributed by atoms with Gasteiger partial charge >= 0.3 is 7.12 Å². The second-order valence-corrected chi connectivity index (χ2v) is 6.47. The molecule has 110 valence electrons. The van der Waals surface area contributed by atoms with Crippen molar-refractivity contribution < 1.29 is 9.31 Å². The van der Waals surface area contributed by atoms with Crippen molar-refractivity contribution >= 4 is 12.7 Å². The van der Waals surface area contributed by atoms with Crippen LogP contribution in [0.15, 0.2) is 30.6 Å². The van der Waals surface area contributed by atoms with Crippen LogP contribution in [0.5, 0.6) is 0 Å². The summed E-state index contributed by atoms with van der Waals surface area (Å²) in [7, 11) is -0.452. The number of aromatic nitrogens is 3. The molecule has 1 aliphatic heterocycles. The lowest BCUT2D eigenvalue weighted by Crippen LogP contribution is -2.41. The van der Waals surface area contributed by atoms with Gasteiger partial charge in [0.2, 0.25) is 0 Å². The van der Waals surface area contributed by atoms with E-state index in [0.717, 1.165) is 17.0 Å². The Labute approximate surface area is 125 Å². The van der Waals surface area contributed by atoms with Crippen LogP contribution >= 0.6 is 0 Å². The molecule has 3 heterocycles. The van der Waals surface area contributed by atoms with Crippen molar-refractivity contribution in [1.29, 1.82) is 0 Å². The molecule has 1 fully saturated rings. The Kier molecular flexibility index (Phi) is 3.18. The van der Waals surface area contributed by atoms with Crippen LogP contribution < -0.4 is 5.59 Å². The summed E-state index contributed by atoms with van der Waals surface area (Å²) in [5.74, 6) is 0.760. The standard InChI is InChI=1S/C15H20BN3O2/c1-11-9-17-19(10-11)13-8-6-7-12(18-13)16-20-14(2,3)15(4,5)21-16/h6-10H,1-5H3. The SMILES string of the molecule is Cc1cnn(-c2cccc(B3OC(C)(C)C(C)(C)O3)n2)c1. The molecule has 0 saturated carbocycles. The number of hydrogen-bond donors (Lipinski definition) is 0. The maximum absolute atomic E-state index is 6.03. The van der Waals surface area contributed by atoms with Crippen molar-refractivity contribution in [2.24, 2.45) is 0 Å². The first-order valence-corrected chi connectivity index (χ1v) is 7.13. The molecule has 1 aliphatic rings. The molecule has 0 bridgehead atoms. The van der Waals surface area contributed by atoms with E-state index in [1.165, 1.54) is 0 Å². The van der Waals surface area contributed by atoms with Crippen LogP contribution in [-0.2, 0) is 9.31 Å². The van der Waals surface area contributed by atoms with E-state index in [4.69, 9.17) is 9.31 Å². The van der Waals surface area contributed by atoms with E-state index in [9.17, 15) is 0 Å². The van der Waals surface area contributed by atoms with Gasteiger partial charge in [-0.3, -0.25) is 0 Å². The third kappa shape index (κ3) is 2.49. The lowest BCUT2D eigenvalue weighted by atomic mass is 9.84. The van der Waals surface area contributed by atoms with Crippen LogP contribution in [-0.4, -0.2) is 33.1 Å². The Morgan fingerprint density at radius 2 is 1.76 bits per heavy atom. The zero-order chi connectivity index (χ0) is 15.3. The molecule has 6 heteroatoms. The molecule has 0 radical (unpaired) electrons. The minimum absolute atomic E-state index is 0.363. The summed E-state index contributed by atoms with van der Waals surface area (Å²) >= 11 is 0. The van der Waals surface area contributed by atoms with E-state index in [1.807, 2.05) is 65.2 Å². The van der Waals surface area contributed by atoms with E-state index in [2.05, 4.69) is 10.1 Å². The van der Waals surface area contributed by atoms with Crippen molar-refractivity contribution in [3.63, 3.8) is 0 Å². The molecular formula is C15H20BN3O2. The summed E-state index contributed by atoms with van der Waals surface area (Å²) < 4.78 is 13.8. The van der Waals surface area contributed by atoms with Crippen LogP contribution in [0.2, 0.25) is 0 Å². The molecule has 0 atom stereocenters. The first kappa shape index (κ1) is 14.3. The molecule has 0 amide bonds. The molecule has 3 rings (SSSR count). The van der Waals surface area contributed by atoms with Crippen molar-refractivity contribution in [2.45, 2.75) is 45.8 Å². The highest BCUT2D eigenvalue weighted by Gasteiger charge is 2.52. The molecule has 5 nitrogen and oxygen atoms in total. The molecule has 0 unspecified atom stereocenters. The van der Waals surface area contributed by atoms with Crippen molar-refractivity contribution in [3.05, 3.63) is 36.2 Å². The number of hydrogen-bond acceptors (Lipinski definition) is 4. The normalized spacial score (nSPS) is 20.0. The molecule has 0 spiro atoms. The molecule has 2 aromatic heterocycles. The van der Waals surface area contributed by atoms with Gasteiger partial charge in [0.25, 0.3) is 0 Å². The topological polar surface area (TPSA) is 49.2 Å².